The second-order valence-electron chi connectivity index (χ2n) is 2.88. The standard InChI is InChI=1S/C10H21NO2S/c1-3-6-14-7-5-11-8-10(12)9-13-4-2/h3,10-12H,1,4-9H2,2H3. The Morgan fingerprint density at radius 1 is 1.64 bits per heavy atom. The molecule has 0 fully saturated rings. The molecule has 0 aromatic heterocycles. The zero-order chi connectivity index (χ0) is 10.6. The number of nitrogens with one attached hydrogen (secondary N) is 1. The molecule has 0 aromatic rings. The van der Waals surface area contributed by atoms with Crippen LogP contribution in [0.15, 0.2) is 12.7 Å². The lowest BCUT2D eigenvalue weighted by atomic mass is 10.4. The molecule has 0 aliphatic rings. The Bertz CT molecular complexity index is 133. The van der Waals surface area contributed by atoms with Crippen LogP contribution in [0.2, 0.25) is 0 Å². The number of hydrogen-bond donors (Lipinski definition) is 2. The van der Waals surface area contributed by atoms with Crippen molar-refractivity contribution in [3.05, 3.63) is 12.7 Å². The fraction of sp³-hybridized carbons (Fsp3) is 0.800. The van der Waals surface area contributed by atoms with Crippen molar-refractivity contribution in [2.45, 2.75) is 13.0 Å². The summed E-state index contributed by atoms with van der Waals surface area (Å²) in [5.41, 5.74) is 0. The van der Waals surface area contributed by atoms with Crippen LogP contribution in [0.1, 0.15) is 6.92 Å². The third kappa shape index (κ3) is 10.1. The van der Waals surface area contributed by atoms with Crippen molar-refractivity contribution >= 4 is 11.8 Å². The van der Waals surface area contributed by atoms with Crippen LogP contribution in [0.5, 0.6) is 0 Å². The summed E-state index contributed by atoms with van der Waals surface area (Å²) in [6.45, 7) is 8.17. The first-order valence-electron chi connectivity index (χ1n) is 4.96. The summed E-state index contributed by atoms with van der Waals surface area (Å²) in [5, 5.41) is 12.5. The Hall–Kier alpha value is -0.0300. The summed E-state index contributed by atoms with van der Waals surface area (Å²) in [5.74, 6) is 2.04. The van der Waals surface area contributed by atoms with Gasteiger partial charge >= 0.3 is 0 Å². The van der Waals surface area contributed by atoms with Gasteiger partial charge in [0.2, 0.25) is 0 Å². The van der Waals surface area contributed by atoms with Gasteiger partial charge in [-0.1, -0.05) is 6.08 Å². The third-order valence-corrected chi connectivity index (χ3v) is 2.52. The number of thioether (sulfide) groups is 1. The molecule has 0 spiro atoms. The van der Waals surface area contributed by atoms with Gasteiger partial charge in [-0.2, -0.15) is 11.8 Å². The van der Waals surface area contributed by atoms with Crippen LogP contribution < -0.4 is 5.32 Å². The largest absolute Gasteiger partial charge is 0.389 e. The third-order valence-electron chi connectivity index (χ3n) is 1.55. The maximum Gasteiger partial charge on any atom is 0.0897 e. The maximum atomic E-state index is 9.37. The molecule has 4 heteroatoms. The number of ether oxygens (including phenoxy) is 1. The first-order chi connectivity index (χ1) is 6.81. The Morgan fingerprint density at radius 2 is 2.43 bits per heavy atom. The quantitative estimate of drug-likeness (QED) is 0.423. The summed E-state index contributed by atoms with van der Waals surface area (Å²) in [7, 11) is 0. The molecule has 84 valence electrons. The van der Waals surface area contributed by atoms with E-state index >= 15 is 0 Å². The van der Waals surface area contributed by atoms with Gasteiger partial charge in [0.25, 0.3) is 0 Å². The van der Waals surface area contributed by atoms with Crippen molar-refractivity contribution < 1.29 is 9.84 Å². The number of rotatable bonds is 10. The molecule has 0 bridgehead atoms. The highest BCUT2D eigenvalue weighted by Gasteiger charge is 2.01. The van der Waals surface area contributed by atoms with Gasteiger partial charge in [0, 0.05) is 31.2 Å². The van der Waals surface area contributed by atoms with Crippen molar-refractivity contribution in [2.24, 2.45) is 0 Å². The van der Waals surface area contributed by atoms with E-state index in [1.54, 1.807) is 0 Å². The summed E-state index contributed by atoms with van der Waals surface area (Å²) >= 11 is 1.83. The molecule has 0 saturated carbocycles. The highest BCUT2D eigenvalue weighted by atomic mass is 32.2. The summed E-state index contributed by atoms with van der Waals surface area (Å²) in [4.78, 5) is 0. The predicted octanol–water partition coefficient (Wildman–Crippen LogP) is 0.893. The van der Waals surface area contributed by atoms with Crippen molar-refractivity contribution in [2.75, 3.05) is 37.8 Å². The first kappa shape index (κ1) is 14.0. The predicted molar refractivity (Wildman–Crippen MR) is 62.9 cm³/mol. The SMILES string of the molecule is C=CCSCCNCC(O)COCC. The van der Waals surface area contributed by atoms with E-state index in [-0.39, 0.29) is 6.10 Å². The van der Waals surface area contributed by atoms with Crippen LogP contribution in [0.4, 0.5) is 0 Å². The molecule has 14 heavy (non-hydrogen) atoms. The molecule has 0 heterocycles. The van der Waals surface area contributed by atoms with Crippen molar-refractivity contribution in [1.29, 1.82) is 0 Å². The van der Waals surface area contributed by atoms with Gasteiger partial charge in [-0.15, -0.1) is 6.58 Å². The molecule has 3 nitrogen and oxygen atoms in total. The van der Waals surface area contributed by atoms with E-state index in [0.717, 1.165) is 18.1 Å². The fourth-order valence-electron chi connectivity index (χ4n) is 0.892. The Kier molecular flexibility index (Phi) is 11.0. The molecule has 0 aliphatic heterocycles. The van der Waals surface area contributed by atoms with Gasteiger partial charge in [-0.3, -0.25) is 0 Å². The lowest BCUT2D eigenvalue weighted by Gasteiger charge is -2.11. The van der Waals surface area contributed by atoms with Gasteiger partial charge in [-0.25, -0.2) is 0 Å². The smallest absolute Gasteiger partial charge is 0.0897 e. The fourth-order valence-corrected chi connectivity index (χ4v) is 1.51. The van der Waals surface area contributed by atoms with Gasteiger partial charge in [0.1, 0.15) is 0 Å². The molecular formula is C10H21NO2S. The molecular weight excluding hydrogens is 198 g/mol. The van der Waals surface area contributed by atoms with Gasteiger partial charge in [0.05, 0.1) is 12.7 Å². The number of hydrogen-bond acceptors (Lipinski definition) is 4. The van der Waals surface area contributed by atoms with E-state index in [1.165, 1.54) is 0 Å². The Balaban J connectivity index is 3.06. The average Bonchev–Trinajstić information content (AvgIpc) is 2.20. The van der Waals surface area contributed by atoms with Crippen LogP contribution in [0.25, 0.3) is 0 Å². The van der Waals surface area contributed by atoms with E-state index < -0.39 is 0 Å². The van der Waals surface area contributed by atoms with Crippen molar-refractivity contribution in [1.82, 2.24) is 5.32 Å². The molecule has 2 N–H and O–H groups in total. The van der Waals surface area contributed by atoms with Crippen molar-refractivity contribution in [3.8, 4) is 0 Å². The van der Waals surface area contributed by atoms with E-state index in [0.29, 0.717) is 19.8 Å². The summed E-state index contributed by atoms with van der Waals surface area (Å²) in [6, 6.07) is 0. The molecule has 0 aromatic carbocycles. The van der Waals surface area contributed by atoms with Gasteiger partial charge in [-0.05, 0) is 6.92 Å². The Labute approximate surface area is 90.9 Å². The minimum Gasteiger partial charge on any atom is -0.389 e. The van der Waals surface area contributed by atoms with Crippen LogP contribution >= 0.6 is 11.8 Å². The van der Waals surface area contributed by atoms with Crippen LogP contribution in [-0.4, -0.2) is 49.0 Å². The zero-order valence-electron chi connectivity index (χ0n) is 8.87. The van der Waals surface area contributed by atoms with E-state index in [4.69, 9.17) is 4.74 Å². The van der Waals surface area contributed by atoms with Crippen molar-refractivity contribution in [3.63, 3.8) is 0 Å². The number of aliphatic hydroxyl groups is 1. The minimum atomic E-state index is -0.389. The van der Waals surface area contributed by atoms with Crippen LogP contribution in [0, 0.1) is 0 Å². The summed E-state index contributed by atoms with van der Waals surface area (Å²) in [6.07, 6.45) is 1.51. The van der Waals surface area contributed by atoms with Gasteiger partial charge in [0.15, 0.2) is 0 Å². The second-order valence-corrected chi connectivity index (χ2v) is 4.03. The van der Waals surface area contributed by atoms with Crippen LogP contribution in [-0.2, 0) is 4.74 Å². The molecule has 0 rings (SSSR count). The monoisotopic (exact) mass is 219 g/mol. The molecule has 0 amide bonds. The van der Waals surface area contributed by atoms with E-state index in [2.05, 4.69) is 11.9 Å². The van der Waals surface area contributed by atoms with E-state index in [9.17, 15) is 5.11 Å². The second kappa shape index (κ2) is 11.0. The Morgan fingerprint density at radius 3 is 3.07 bits per heavy atom. The highest BCUT2D eigenvalue weighted by molar-refractivity contribution is 7.99. The lowest BCUT2D eigenvalue weighted by molar-refractivity contribution is 0.0432. The first-order valence-corrected chi connectivity index (χ1v) is 6.11. The molecule has 1 atom stereocenters. The average molecular weight is 219 g/mol. The van der Waals surface area contributed by atoms with E-state index in [1.807, 2.05) is 24.8 Å². The van der Waals surface area contributed by atoms with Crippen LogP contribution in [0.3, 0.4) is 0 Å². The highest BCUT2D eigenvalue weighted by Crippen LogP contribution is 1.96. The molecule has 1 unspecified atom stereocenters. The maximum absolute atomic E-state index is 9.37. The molecule has 0 radical (unpaired) electrons. The summed E-state index contributed by atoms with van der Waals surface area (Å²) < 4.78 is 5.08. The normalized spacial score (nSPS) is 12.7. The zero-order valence-corrected chi connectivity index (χ0v) is 9.68. The molecule has 0 aliphatic carbocycles. The topological polar surface area (TPSA) is 41.5 Å². The number of aliphatic hydroxyl groups excluding tert-OH is 1. The van der Waals surface area contributed by atoms with Gasteiger partial charge < -0.3 is 15.2 Å². The molecule has 0 saturated heterocycles. The minimum absolute atomic E-state index is 0.389. The lowest BCUT2D eigenvalue weighted by Crippen LogP contribution is -2.31.